The molecule has 16 heavy (non-hydrogen) atoms. The molecule has 0 aliphatic rings. The molecule has 0 radical (unpaired) electrons. The summed E-state index contributed by atoms with van der Waals surface area (Å²) in [6.07, 6.45) is -0.617. The van der Waals surface area contributed by atoms with Gasteiger partial charge in [0.2, 0.25) is 5.88 Å². The van der Waals surface area contributed by atoms with Crippen molar-refractivity contribution < 1.29 is 14.9 Å². The second kappa shape index (κ2) is 6.00. The molecule has 3 N–H and O–H groups in total. The molecule has 2 atom stereocenters. The van der Waals surface area contributed by atoms with Crippen LogP contribution in [0.4, 0.5) is 0 Å². The number of likely N-dealkylation sites (N-methyl/N-ethyl adjacent to an activating group) is 1. The zero-order valence-electron chi connectivity index (χ0n) is 9.14. The fraction of sp³-hybridized carbons (Fsp3) is 0.500. The highest BCUT2D eigenvalue weighted by Crippen LogP contribution is 2.27. The smallest absolute Gasteiger partial charge is 0.219 e. The maximum atomic E-state index is 9.89. The molecule has 0 fully saturated rings. The zero-order chi connectivity index (χ0) is 12.1. The maximum absolute atomic E-state index is 9.89. The van der Waals surface area contributed by atoms with Crippen LogP contribution in [0.15, 0.2) is 12.3 Å². The largest absolute Gasteiger partial charge is 0.481 e. The van der Waals surface area contributed by atoms with Gasteiger partial charge >= 0.3 is 0 Å². The minimum absolute atomic E-state index is 0.257. The van der Waals surface area contributed by atoms with Gasteiger partial charge in [0.15, 0.2) is 0 Å². The molecule has 1 rings (SSSR count). The second-order valence-electron chi connectivity index (χ2n) is 3.32. The number of hydrogen-bond acceptors (Lipinski definition) is 5. The number of pyridine rings is 1. The van der Waals surface area contributed by atoms with E-state index in [1.165, 1.54) is 19.4 Å². The van der Waals surface area contributed by atoms with Crippen molar-refractivity contribution in [2.45, 2.75) is 12.2 Å². The Morgan fingerprint density at radius 2 is 2.25 bits per heavy atom. The van der Waals surface area contributed by atoms with Crippen molar-refractivity contribution in [2.24, 2.45) is 0 Å². The second-order valence-corrected chi connectivity index (χ2v) is 3.76. The molecule has 0 spiro atoms. The number of methoxy groups -OCH3 is 1. The Labute approximate surface area is 99.0 Å². The van der Waals surface area contributed by atoms with Gasteiger partial charge in [0.1, 0.15) is 6.10 Å². The van der Waals surface area contributed by atoms with Crippen LogP contribution < -0.4 is 10.1 Å². The number of nitrogens with zero attached hydrogens (tertiary/aromatic N) is 1. The zero-order valence-corrected chi connectivity index (χ0v) is 9.90. The van der Waals surface area contributed by atoms with E-state index in [0.717, 1.165) is 0 Å². The topological polar surface area (TPSA) is 74.6 Å². The first-order chi connectivity index (χ1) is 7.60. The summed E-state index contributed by atoms with van der Waals surface area (Å²) < 4.78 is 4.99. The van der Waals surface area contributed by atoms with Gasteiger partial charge in [0.25, 0.3) is 0 Å². The van der Waals surface area contributed by atoms with Crippen LogP contribution in [0.5, 0.6) is 5.88 Å². The molecular formula is C10H15ClN2O3. The van der Waals surface area contributed by atoms with Crippen LogP contribution in [0.3, 0.4) is 0 Å². The van der Waals surface area contributed by atoms with E-state index in [2.05, 4.69) is 10.3 Å². The van der Waals surface area contributed by atoms with Crippen molar-refractivity contribution in [3.63, 3.8) is 0 Å². The normalized spacial score (nSPS) is 14.6. The molecule has 0 saturated carbocycles. The molecule has 1 aromatic rings. The van der Waals surface area contributed by atoms with E-state index in [0.29, 0.717) is 10.6 Å². The molecule has 0 amide bonds. The predicted molar refractivity (Wildman–Crippen MR) is 60.7 cm³/mol. The predicted octanol–water partition coefficient (Wildman–Crippen LogP) is 0.357. The average Bonchev–Trinajstić information content (AvgIpc) is 2.28. The lowest BCUT2D eigenvalue weighted by Crippen LogP contribution is -2.29. The van der Waals surface area contributed by atoms with Crippen LogP contribution in [0.25, 0.3) is 0 Å². The van der Waals surface area contributed by atoms with Gasteiger partial charge < -0.3 is 20.3 Å². The van der Waals surface area contributed by atoms with Gasteiger partial charge in [-0.25, -0.2) is 4.98 Å². The van der Waals surface area contributed by atoms with E-state index in [1.54, 1.807) is 7.05 Å². The summed E-state index contributed by atoms with van der Waals surface area (Å²) in [5.74, 6) is 0.257. The lowest BCUT2D eigenvalue weighted by atomic mass is 10.1. The number of hydrogen-bond donors (Lipinski definition) is 3. The van der Waals surface area contributed by atoms with Gasteiger partial charge in [0, 0.05) is 18.3 Å². The molecule has 2 unspecified atom stereocenters. The monoisotopic (exact) mass is 246 g/mol. The fourth-order valence-electron chi connectivity index (χ4n) is 1.35. The van der Waals surface area contributed by atoms with Crippen molar-refractivity contribution >= 4 is 11.6 Å². The van der Waals surface area contributed by atoms with Gasteiger partial charge in [-0.2, -0.15) is 0 Å². The number of aliphatic hydroxyl groups excluding tert-OH is 2. The molecule has 0 aliphatic carbocycles. The van der Waals surface area contributed by atoms with E-state index >= 15 is 0 Å². The summed E-state index contributed by atoms with van der Waals surface area (Å²) in [5.41, 5.74) is 0.373. The Kier molecular flexibility index (Phi) is 4.95. The van der Waals surface area contributed by atoms with Crippen LogP contribution in [0, 0.1) is 0 Å². The molecular weight excluding hydrogens is 232 g/mol. The maximum Gasteiger partial charge on any atom is 0.219 e. The minimum Gasteiger partial charge on any atom is -0.481 e. The van der Waals surface area contributed by atoms with Crippen LogP contribution in [0.1, 0.15) is 11.7 Å². The van der Waals surface area contributed by atoms with E-state index < -0.39 is 12.2 Å². The molecule has 0 aromatic carbocycles. The van der Waals surface area contributed by atoms with Crippen LogP contribution in [-0.2, 0) is 0 Å². The highest BCUT2D eigenvalue weighted by Gasteiger charge is 2.22. The summed E-state index contributed by atoms with van der Waals surface area (Å²) in [4.78, 5) is 3.91. The minimum atomic E-state index is -1.09. The summed E-state index contributed by atoms with van der Waals surface area (Å²) in [6.45, 7) is 0.261. The third-order valence-electron chi connectivity index (χ3n) is 2.14. The van der Waals surface area contributed by atoms with E-state index in [4.69, 9.17) is 16.3 Å². The summed E-state index contributed by atoms with van der Waals surface area (Å²) in [6, 6.07) is 1.52. The number of aromatic nitrogens is 1. The highest BCUT2D eigenvalue weighted by atomic mass is 35.5. The molecule has 0 bridgehead atoms. The third-order valence-corrected chi connectivity index (χ3v) is 2.34. The highest BCUT2D eigenvalue weighted by molar-refractivity contribution is 6.30. The first-order valence-electron chi connectivity index (χ1n) is 4.80. The fourth-order valence-corrected chi connectivity index (χ4v) is 1.52. The Hall–Kier alpha value is -0.880. The van der Waals surface area contributed by atoms with Crippen molar-refractivity contribution in [1.29, 1.82) is 0 Å². The number of rotatable bonds is 5. The van der Waals surface area contributed by atoms with Crippen LogP contribution in [-0.4, -0.2) is 42.0 Å². The Morgan fingerprint density at radius 1 is 1.56 bits per heavy atom. The number of ether oxygens (including phenoxy) is 1. The van der Waals surface area contributed by atoms with Gasteiger partial charge in [-0.15, -0.1) is 0 Å². The van der Waals surface area contributed by atoms with Crippen molar-refractivity contribution in [3.05, 3.63) is 22.8 Å². The lowest BCUT2D eigenvalue weighted by Gasteiger charge is -2.19. The SMILES string of the molecule is CNCC(O)C(O)c1cc(Cl)cnc1OC. The molecule has 1 aromatic heterocycles. The van der Waals surface area contributed by atoms with Crippen molar-refractivity contribution in [3.8, 4) is 5.88 Å². The summed E-state index contributed by atoms with van der Waals surface area (Å²) >= 11 is 5.77. The van der Waals surface area contributed by atoms with E-state index in [9.17, 15) is 10.2 Å². The third kappa shape index (κ3) is 3.05. The molecule has 6 heteroatoms. The van der Waals surface area contributed by atoms with Crippen molar-refractivity contribution in [2.75, 3.05) is 20.7 Å². The Bertz CT molecular complexity index is 349. The Balaban J connectivity index is 2.96. The van der Waals surface area contributed by atoms with Crippen LogP contribution in [0.2, 0.25) is 5.02 Å². The number of halogens is 1. The van der Waals surface area contributed by atoms with E-state index in [1.807, 2.05) is 0 Å². The summed E-state index contributed by atoms with van der Waals surface area (Å²) in [7, 11) is 3.13. The summed E-state index contributed by atoms with van der Waals surface area (Å²) in [5, 5.41) is 22.7. The van der Waals surface area contributed by atoms with E-state index in [-0.39, 0.29) is 12.4 Å². The first kappa shape index (κ1) is 13.2. The van der Waals surface area contributed by atoms with Crippen molar-refractivity contribution in [1.82, 2.24) is 10.3 Å². The van der Waals surface area contributed by atoms with Gasteiger partial charge in [-0.3, -0.25) is 0 Å². The molecule has 5 nitrogen and oxygen atoms in total. The number of aliphatic hydroxyl groups is 2. The molecule has 0 saturated heterocycles. The standard InChI is InChI=1S/C10H15ClN2O3/c1-12-5-8(14)9(15)7-3-6(11)4-13-10(7)16-2/h3-4,8-9,12,14-15H,5H2,1-2H3. The first-order valence-corrected chi connectivity index (χ1v) is 5.18. The molecule has 90 valence electrons. The molecule has 1 heterocycles. The molecule has 0 aliphatic heterocycles. The van der Waals surface area contributed by atoms with Gasteiger partial charge in [0.05, 0.1) is 18.2 Å². The average molecular weight is 247 g/mol. The quantitative estimate of drug-likeness (QED) is 0.700. The lowest BCUT2D eigenvalue weighted by molar-refractivity contribution is 0.0185. The number of nitrogens with one attached hydrogen (secondary N) is 1. The van der Waals surface area contributed by atoms with Gasteiger partial charge in [-0.1, -0.05) is 11.6 Å². The van der Waals surface area contributed by atoms with Crippen LogP contribution >= 0.6 is 11.6 Å². The van der Waals surface area contributed by atoms with Gasteiger partial charge in [-0.05, 0) is 13.1 Å². The Morgan fingerprint density at radius 3 is 2.81 bits per heavy atom.